The Morgan fingerprint density at radius 1 is 1.41 bits per heavy atom. The van der Waals surface area contributed by atoms with Gasteiger partial charge in [-0.2, -0.15) is 0 Å². The summed E-state index contributed by atoms with van der Waals surface area (Å²) in [5.41, 5.74) is 2.21. The molecule has 116 valence electrons. The molecule has 2 aromatic rings. The molecule has 0 aromatic carbocycles. The summed E-state index contributed by atoms with van der Waals surface area (Å²) in [6.45, 7) is 5.23. The normalized spacial score (nSPS) is 27.3. The number of carbonyl (C=O) groups is 1. The number of halogens is 1. The van der Waals surface area contributed by atoms with Crippen molar-refractivity contribution in [2.24, 2.45) is 5.92 Å². The first-order chi connectivity index (χ1) is 10.6. The van der Waals surface area contributed by atoms with Crippen LogP contribution in [-0.4, -0.2) is 45.9 Å². The molecule has 3 fully saturated rings. The van der Waals surface area contributed by atoms with Crippen LogP contribution in [0.2, 0.25) is 0 Å². The molecule has 0 aliphatic carbocycles. The zero-order valence-corrected chi connectivity index (χ0v) is 14.1. The minimum Gasteiger partial charge on any atom is -0.346 e. The van der Waals surface area contributed by atoms with Crippen molar-refractivity contribution in [2.75, 3.05) is 19.6 Å². The molecular weight excluding hydrogens is 344 g/mol. The zero-order valence-electron chi connectivity index (χ0n) is 12.6. The van der Waals surface area contributed by atoms with Crippen molar-refractivity contribution >= 4 is 27.5 Å². The summed E-state index contributed by atoms with van der Waals surface area (Å²) in [5.74, 6) is 0.613. The predicted octanol–water partition coefficient (Wildman–Crippen LogP) is 2.23. The number of aryl methyl sites for hydroxylation is 1. The van der Waals surface area contributed by atoms with E-state index in [0.29, 0.717) is 11.6 Å². The third kappa shape index (κ3) is 2.25. The van der Waals surface area contributed by atoms with Crippen LogP contribution in [0.5, 0.6) is 0 Å². The number of nitrogens with zero attached hydrogens (tertiary/aromatic N) is 3. The van der Waals surface area contributed by atoms with Crippen molar-refractivity contribution in [3.05, 3.63) is 34.2 Å². The highest BCUT2D eigenvalue weighted by atomic mass is 79.9. The minimum absolute atomic E-state index is 0.0122. The van der Waals surface area contributed by atoms with E-state index in [0.717, 1.165) is 22.4 Å². The first kappa shape index (κ1) is 14.2. The van der Waals surface area contributed by atoms with Gasteiger partial charge in [-0.25, -0.2) is 4.98 Å². The van der Waals surface area contributed by atoms with Crippen LogP contribution in [0.3, 0.4) is 0 Å². The largest absolute Gasteiger partial charge is 0.346 e. The van der Waals surface area contributed by atoms with Crippen molar-refractivity contribution in [1.29, 1.82) is 0 Å². The van der Waals surface area contributed by atoms with E-state index in [1.807, 2.05) is 29.7 Å². The lowest BCUT2D eigenvalue weighted by Gasteiger charge is -2.44. The van der Waals surface area contributed by atoms with Crippen LogP contribution in [-0.2, 0) is 0 Å². The Balaban J connectivity index is 1.63. The maximum Gasteiger partial charge on any atom is 0.270 e. The number of piperidine rings is 3. The van der Waals surface area contributed by atoms with E-state index in [4.69, 9.17) is 0 Å². The number of carbonyl (C=O) groups excluding carboxylic acids is 1. The number of amides is 1. The van der Waals surface area contributed by atoms with E-state index in [1.165, 1.54) is 25.9 Å². The van der Waals surface area contributed by atoms with Crippen LogP contribution in [0.4, 0.5) is 0 Å². The molecule has 3 aliphatic rings. The maximum absolute atomic E-state index is 12.8. The number of aromatic nitrogens is 2. The van der Waals surface area contributed by atoms with Crippen LogP contribution in [0, 0.1) is 12.8 Å². The molecule has 1 N–H and O–H groups in total. The second-order valence-electron chi connectivity index (χ2n) is 6.31. The fraction of sp³-hybridized carbons (Fsp3) is 0.500. The molecule has 2 aromatic heterocycles. The lowest BCUT2D eigenvalue weighted by atomic mass is 9.84. The molecule has 1 amide bonds. The third-order valence-corrected chi connectivity index (χ3v) is 5.58. The highest BCUT2D eigenvalue weighted by Gasteiger charge is 2.35. The molecular formula is C16H19BrN4O. The van der Waals surface area contributed by atoms with Gasteiger partial charge in [0.2, 0.25) is 0 Å². The van der Waals surface area contributed by atoms with E-state index in [-0.39, 0.29) is 11.9 Å². The monoisotopic (exact) mass is 362 g/mol. The molecule has 3 aliphatic heterocycles. The van der Waals surface area contributed by atoms with E-state index in [2.05, 4.69) is 31.1 Å². The van der Waals surface area contributed by atoms with Crippen LogP contribution < -0.4 is 5.32 Å². The first-order valence-corrected chi connectivity index (χ1v) is 8.59. The Kier molecular flexibility index (Phi) is 3.46. The van der Waals surface area contributed by atoms with Crippen molar-refractivity contribution in [2.45, 2.75) is 25.8 Å². The molecule has 0 spiro atoms. The summed E-state index contributed by atoms with van der Waals surface area (Å²) in [4.78, 5) is 19.8. The molecule has 5 heterocycles. The second kappa shape index (κ2) is 5.35. The van der Waals surface area contributed by atoms with Crippen LogP contribution in [0.15, 0.2) is 22.8 Å². The highest BCUT2D eigenvalue weighted by Crippen LogP contribution is 2.28. The fourth-order valence-corrected chi connectivity index (χ4v) is 4.22. The number of imidazole rings is 1. The minimum atomic E-state index is -0.0122. The van der Waals surface area contributed by atoms with Gasteiger partial charge in [-0.3, -0.25) is 9.20 Å². The van der Waals surface area contributed by atoms with Gasteiger partial charge in [-0.05, 0) is 66.8 Å². The Hall–Kier alpha value is -1.40. The Bertz CT molecular complexity index is 733. The molecule has 2 bridgehead atoms. The zero-order chi connectivity index (χ0) is 15.3. The molecule has 3 saturated heterocycles. The van der Waals surface area contributed by atoms with E-state index in [1.54, 1.807) is 0 Å². The molecule has 1 atom stereocenters. The number of fused-ring (bicyclic) bond motifs is 4. The van der Waals surface area contributed by atoms with E-state index in [9.17, 15) is 4.79 Å². The van der Waals surface area contributed by atoms with Gasteiger partial charge in [0.05, 0.1) is 10.2 Å². The molecule has 5 rings (SSSR count). The summed E-state index contributed by atoms with van der Waals surface area (Å²) in [5, 5.41) is 3.25. The van der Waals surface area contributed by atoms with Gasteiger partial charge < -0.3 is 10.2 Å². The smallest absolute Gasteiger partial charge is 0.270 e. The van der Waals surface area contributed by atoms with Gasteiger partial charge in [0.15, 0.2) is 5.65 Å². The first-order valence-electron chi connectivity index (χ1n) is 7.80. The van der Waals surface area contributed by atoms with Gasteiger partial charge in [-0.15, -0.1) is 0 Å². The number of nitrogens with one attached hydrogen (secondary N) is 1. The molecule has 5 nitrogen and oxygen atoms in total. The summed E-state index contributed by atoms with van der Waals surface area (Å²) in [6, 6.07) is 4.13. The average molecular weight is 363 g/mol. The molecule has 0 saturated carbocycles. The topological polar surface area (TPSA) is 49.6 Å². The van der Waals surface area contributed by atoms with Gasteiger partial charge in [0.25, 0.3) is 5.91 Å². The van der Waals surface area contributed by atoms with E-state index >= 15 is 0 Å². The highest BCUT2D eigenvalue weighted by molar-refractivity contribution is 9.10. The van der Waals surface area contributed by atoms with Crippen molar-refractivity contribution in [3.63, 3.8) is 0 Å². The van der Waals surface area contributed by atoms with Crippen molar-refractivity contribution < 1.29 is 4.79 Å². The molecule has 6 heteroatoms. The number of hydrogen-bond donors (Lipinski definition) is 1. The molecule has 22 heavy (non-hydrogen) atoms. The summed E-state index contributed by atoms with van der Waals surface area (Å²) < 4.78 is 2.77. The van der Waals surface area contributed by atoms with Gasteiger partial charge >= 0.3 is 0 Å². The molecule has 0 radical (unpaired) electrons. The Morgan fingerprint density at radius 2 is 2.18 bits per heavy atom. The predicted molar refractivity (Wildman–Crippen MR) is 88.0 cm³/mol. The lowest BCUT2D eigenvalue weighted by molar-refractivity contribution is 0.0617. The molecule has 0 unspecified atom stereocenters. The lowest BCUT2D eigenvalue weighted by Crippen LogP contribution is -2.57. The quantitative estimate of drug-likeness (QED) is 0.890. The van der Waals surface area contributed by atoms with Crippen molar-refractivity contribution in [1.82, 2.24) is 19.6 Å². The van der Waals surface area contributed by atoms with Crippen LogP contribution >= 0.6 is 15.9 Å². The maximum atomic E-state index is 12.8. The van der Waals surface area contributed by atoms with Gasteiger partial charge in [0.1, 0.15) is 5.69 Å². The SMILES string of the molecule is Cc1nc2c(Br)cccn2c1C(=O)N[C@H]1CN2CCC1CC2. The average Bonchev–Trinajstić information content (AvgIpc) is 2.86. The Labute approximate surface area is 137 Å². The fourth-order valence-electron chi connectivity index (χ4n) is 3.79. The summed E-state index contributed by atoms with van der Waals surface area (Å²) >= 11 is 3.50. The van der Waals surface area contributed by atoms with E-state index < -0.39 is 0 Å². The number of rotatable bonds is 2. The Morgan fingerprint density at radius 3 is 2.86 bits per heavy atom. The number of pyridine rings is 1. The van der Waals surface area contributed by atoms with Gasteiger partial charge in [-0.1, -0.05) is 0 Å². The summed E-state index contributed by atoms with van der Waals surface area (Å²) in [7, 11) is 0. The number of hydrogen-bond acceptors (Lipinski definition) is 3. The summed E-state index contributed by atoms with van der Waals surface area (Å²) in [6.07, 6.45) is 4.29. The second-order valence-corrected chi connectivity index (χ2v) is 7.17. The van der Waals surface area contributed by atoms with Crippen LogP contribution in [0.25, 0.3) is 5.65 Å². The standard InChI is InChI=1S/C16H19BrN4O/c1-10-14(21-6-2-3-12(17)15(21)18-10)16(22)19-13-9-20-7-4-11(13)5-8-20/h2-3,6,11,13H,4-5,7-9H2,1H3,(H,19,22)/t13-/m0/s1. The van der Waals surface area contributed by atoms with Crippen LogP contribution in [0.1, 0.15) is 29.0 Å². The van der Waals surface area contributed by atoms with Gasteiger partial charge in [0, 0.05) is 18.8 Å². The van der Waals surface area contributed by atoms with Crippen molar-refractivity contribution in [3.8, 4) is 0 Å². The third-order valence-electron chi connectivity index (χ3n) is 4.96.